The van der Waals surface area contributed by atoms with Crippen LogP contribution in [0.5, 0.6) is 5.75 Å². The second kappa shape index (κ2) is 3.89. The number of aromatic amines is 1. The molecule has 4 nitrogen and oxygen atoms in total. The Morgan fingerprint density at radius 3 is 2.56 bits per heavy atom. The highest BCUT2D eigenvalue weighted by Gasteiger charge is 2.12. The molecule has 1 aromatic carbocycles. The number of nitrogens with one attached hydrogen (secondary N) is 2. The minimum Gasteiger partial charge on any atom is -0.507 e. The van der Waals surface area contributed by atoms with Crippen molar-refractivity contribution in [2.24, 2.45) is 0 Å². The minimum atomic E-state index is 0.263. The van der Waals surface area contributed by atoms with Gasteiger partial charge in [0.2, 0.25) is 0 Å². The summed E-state index contributed by atoms with van der Waals surface area (Å²) in [6.07, 6.45) is 0. The Kier molecular flexibility index (Phi) is 2.56. The highest BCUT2D eigenvalue weighted by molar-refractivity contribution is 5.76. The number of hydrogen-bond donors (Lipinski definition) is 3. The number of phenols is 1. The SMILES string of the molecule is CNc1ccc(-c2c(C)n[nH]c2C)c(O)c1. The molecule has 0 atom stereocenters. The van der Waals surface area contributed by atoms with Crippen LogP contribution in [0.3, 0.4) is 0 Å². The Morgan fingerprint density at radius 2 is 2.06 bits per heavy atom. The smallest absolute Gasteiger partial charge is 0.125 e. The zero-order valence-electron chi connectivity index (χ0n) is 9.63. The van der Waals surface area contributed by atoms with Crippen molar-refractivity contribution in [2.45, 2.75) is 13.8 Å². The highest BCUT2D eigenvalue weighted by Crippen LogP contribution is 2.34. The monoisotopic (exact) mass is 217 g/mol. The van der Waals surface area contributed by atoms with Crippen molar-refractivity contribution < 1.29 is 5.11 Å². The molecule has 2 aromatic rings. The van der Waals surface area contributed by atoms with Crippen LogP contribution < -0.4 is 5.32 Å². The lowest BCUT2D eigenvalue weighted by molar-refractivity contribution is 0.477. The Morgan fingerprint density at radius 1 is 1.31 bits per heavy atom. The number of aromatic hydroxyl groups is 1. The van der Waals surface area contributed by atoms with Crippen molar-refractivity contribution in [3.63, 3.8) is 0 Å². The standard InChI is InChI=1S/C12H15N3O/c1-7-12(8(2)15-14-7)10-5-4-9(13-3)6-11(10)16/h4-6,13,16H,1-3H3,(H,14,15). The molecule has 0 aliphatic rings. The third-order valence-corrected chi connectivity index (χ3v) is 2.68. The Labute approximate surface area is 94.3 Å². The number of phenolic OH excluding ortho intramolecular Hbond substituents is 1. The van der Waals surface area contributed by atoms with Gasteiger partial charge in [0, 0.05) is 35.6 Å². The molecule has 0 aliphatic heterocycles. The second-order valence-electron chi connectivity index (χ2n) is 3.79. The number of anilines is 1. The number of nitrogens with zero attached hydrogens (tertiary/aromatic N) is 1. The van der Waals surface area contributed by atoms with Crippen molar-refractivity contribution in [1.82, 2.24) is 10.2 Å². The van der Waals surface area contributed by atoms with Crippen molar-refractivity contribution in [1.29, 1.82) is 0 Å². The second-order valence-corrected chi connectivity index (χ2v) is 3.79. The number of benzene rings is 1. The van der Waals surface area contributed by atoms with Gasteiger partial charge in [0.15, 0.2) is 0 Å². The van der Waals surface area contributed by atoms with Crippen molar-refractivity contribution in [3.05, 3.63) is 29.6 Å². The van der Waals surface area contributed by atoms with E-state index >= 15 is 0 Å². The van der Waals surface area contributed by atoms with Gasteiger partial charge in [0.1, 0.15) is 5.75 Å². The molecule has 0 amide bonds. The summed E-state index contributed by atoms with van der Waals surface area (Å²) in [4.78, 5) is 0. The Hall–Kier alpha value is -1.97. The first-order valence-corrected chi connectivity index (χ1v) is 5.16. The van der Waals surface area contributed by atoms with Gasteiger partial charge in [-0.3, -0.25) is 5.10 Å². The lowest BCUT2D eigenvalue weighted by Crippen LogP contribution is -1.89. The Bertz CT molecular complexity index is 497. The van der Waals surface area contributed by atoms with Gasteiger partial charge in [-0.25, -0.2) is 0 Å². The Balaban J connectivity index is 2.57. The maximum Gasteiger partial charge on any atom is 0.125 e. The third kappa shape index (κ3) is 1.62. The van der Waals surface area contributed by atoms with Gasteiger partial charge in [-0.2, -0.15) is 5.10 Å². The summed E-state index contributed by atoms with van der Waals surface area (Å²) in [7, 11) is 1.82. The van der Waals surface area contributed by atoms with Gasteiger partial charge < -0.3 is 10.4 Å². The minimum absolute atomic E-state index is 0.263. The van der Waals surface area contributed by atoms with Crippen LogP contribution >= 0.6 is 0 Å². The van der Waals surface area contributed by atoms with Crippen molar-refractivity contribution in [2.75, 3.05) is 12.4 Å². The van der Waals surface area contributed by atoms with Crippen LogP contribution in [-0.2, 0) is 0 Å². The number of H-pyrrole nitrogens is 1. The number of hydrogen-bond acceptors (Lipinski definition) is 3. The van der Waals surface area contributed by atoms with E-state index in [4.69, 9.17) is 0 Å². The molecule has 0 aliphatic carbocycles. The van der Waals surface area contributed by atoms with E-state index in [9.17, 15) is 5.11 Å². The molecule has 1 aromatic heterocycles. The van der Waals surface area contributed by atoms with Crippen molar-refractivity contribution >= 4 is 5.69 Å². The van der Waals surface area contributed by atoms with Crippen LogP contribution in [0, 0.1) is 13.8 Å². The maximum absolute atomic E-state index is 9.96. The van der Waals surface area contributed by atoms with E-state index in [0.717, 1.165) is 28.2 Å². The molecule has 4 heteroatoms. The summed E-state index contributed by atoms with van der Waals surface area (Å²) in [5.74, 6) is 0.263. The molecular weight excluding hydrogens is 202 g/mol. The van der Waals surface area contributed by atoms with Gasteiger partial charge in [-0.1, -0.05) is 0 Å². The van der Waals surface area contributed by atoms with E-state index in [1.165, 1.54) is 0 Å². The largest absolute Gasteiger partial charge is 0.507 e. The summed E-state index contributed by atoms with van der Waals surface area (Å²) in [6, 6.07) is 5.54. The first-order chi connectivity index (χ1) is 7.63. The van der Waals surface area contributed by atoms with E-state index in [-0.39, 0.29) is 5.75 Å². The lowest BCUT2D eigenvalue weighted by atomic mass is 10.0. The molecule has 0 bridgehead atoms. The molecule has 16 heavy (non-hydrogen) atoms. The van der Waals surface area contributed by atoms with Crippen molar-refractivity contribution in [3.8, 4) is 16.9 Å². The first kappa shape index (κ1) is 10.5. The zero-order valence-corrected chi connectivity index (χ0v) is 9.63. The maximum atomic E-state index is 9.96. The molecule has 0 fully saturated rings. The van der Waals surface area contributed by atoms with Gasteiger partial charge in [0.05, 0.1) is 5.69 Å². The van der Waals surface area contributed by atoms with Crippen LogP contribution in [0.25, 0.3) is 11.1 Å². The van der Waals surface area contributed by atoms with Crippen LogP contribution in [0.2, 0.25) is 0 Å². The summed E-state index contributed by atoms with van der Waals surface area (Å²) in [5, 5.41) is 20.0. The quantitative estimate of drug-likeness (QED) is 0.724. The zero-order chi connectivity index (χ0) is 11.7. The molecule has 0 unspecified atom stereocenters. The molecule has 84 valence electrons. The van der Waals surface area contributed by atoms with Crippen LogP contribution in [0.1, 0.15) is 11.4 Å². The molecule has 0 saturated heterocycles. The highest BCUT2D eigenvalue weighted by atomic mass is 16.3. The summed E-state index contributed by atoms with van der Waals surface area (Å²) in [5.41, 5.74) is 4.53. The van der Waals surface area contributed by atoms with E-state index < -0.39 is 0 Å². The average molecular weight is 217 g/mol. The van der Waals surface area contributed by atoms with Gasteiger partial charge >= 0.3 is 0 Å². The lowest BCUT2D eigenvalue weighted by Gasteiger charge is -2.07. The summed E-state index contributed by atoms with van der Waals surface area (Å²) >= 11 is 0. The molecule has 2 rings (SSSR count). The normalized spacial score (nSPS) is 10.4. The summed E-state index contributed by atoms with van der Waals surface area (Å²) in [6.45, 7) is 3.87. The molecule has 0 spiro atoms. The van der Waals surface area contributed by atoms with Crippen LogP contribution in [0.15, 0.2) is 18.2 Å². The fourth-order valence-electron chi connectivity index (χ4n) is 1.85. The van der Waals surface area contributed by atoms with E-state index in [1.54, 1.807) is 6.07 Å². The molecule has 0 radical (unpaired) electrons. The van der Waals surface area contributed by atoms with Gasteiger partial charge in [-0.15, -0.1) is 0 Å². The predicted molar refractivity (Wildman–Crippen MR) is 64.7 cm³/mol. The molecule has 0 saturated carbocycles. The van der Waals surface area contributed by atoms with E-state index in [2.05, 4.69) is 15.5 Å². The first-order valence-electron chi connectivity index (χ1n) is 5.16. The third-order valence-electron chi connectivity index (χ3n) is 2.68. The fourth-order valence-corrected chi connectivity index (χ4v) is 1.85. The average Bonchev–Trinajstić information content (AvgIpc) is 2.59. The number of aromatic nitrogens is 2. The predicted octanol–water partition coefficient (Wildman–Crippen LogP) is 2.44. The number of aryl methyl sites for hydroxylation is 2. The van der Waals surface area contributed by atoms with Gasteiger partial charge in [0.25, 0.3) is 0 Å². The molecule has 3 N–H and O–H groups in total. The number of rotatable bonds is 2. The molecule has 1 heterocycles. The summed E-state index contributed by atoms with van der Waals surface area (Å²) < 4.78 is 0. The topological polar surface area (TPSA) is 60.9 Å². The van der Waals surface area contributed by atoms with Crippen LogP contribution in [0.4, 0.5) is 5.69 Å². The molecular formula is C12H15N3O. The van der Waals surface area contributed by atoms with E-state index in [1.807, 2.05) is 33.0 Å². The van der Waals surface area contributed by atoms with Crippen LogP contribution in [-0.4, -0.2) is 22.4 Å². The fraction of sp³-hybridized carbons (Fsp3) is 0.250. The van der Waals surface area contributed by atoms with E-state index in [0.29, 0.717) is 0 Å². The van der Waals surface area contributed by atoms with Gasteiger partial charge in [-0.05, 0) is 26.0 Å².